The summed E-state index contributed by atoms with van der Waals surface area (Å²) >= 11 is 0. The molecule has 2 aromatic rings. The average molecular weight is 554 g/mol. The number of benzene rings is 2. The lowest BCUT2D eigenvalue weighted by atomic mass is 10.1. The Labute approximate surface area is 208 Å². The second-order valence-corrected chi connectivity index (χ2v) is 7.06. The molecule has 0 aliphatic carbocycles. The molecule has 7 nitrogen and oxygen atoms in total. The summed E-state index contributed by atoms with van der Waals surface area (Å²) in [5.74, 6) is 2.16. The molecule has 32 heavy (non-hydrogen) atoms. The van der Waals surface area contributed by atoms with Crippen molar-refractivity contribution in [3.63, 3.8) is 0 Å². The fraction of sp³-hybridized carbons (Fsp3) is 0.417. The van der Waals surface area contributed by atoms with Crippen molar-refractivity contribution in [3.8, 4) is 11.5 Å². The van der Waals surface area contributed by atoms with Gasteiger partial charge in [-0.25, -0.2) is 0 Å². The minimum absolute atomic E-state index is 0. The van der Waals surface area contributed by atoms with Gasteiger partial charge in [0.2, 0.25) is 0 Å². The summed E-state index contributed by atoms with van der Waals surface area (Å²) in [5, 5.41) is 6.55. The lowest BCUT2D eigenvalue weighted by Crippen LogP contribution is -2.41. The van der Waals surface area contributed by atoms with Crippen LogP contribution in [0.3, 0.4) is 0 Å². The van der Waals surface area contributed by atoms with Crippen molar-refractivity contribution in [3.05, 3.63) is 59.7 Å². The molecule has 0 saturated carbocycles. The van der Waals surface area contributed by atoms with Gasteiger partial charge < -0.3 is 25.0 Å². The van der Waals surface area contributed by atoms with Gasteiger partial charge in [0.05, 0.1) is 13.7 Å². The van der Waals surface area contributed by atoms with Gasteiger partial charge in [-0.2, -0.15) is 0 Å². The summed E-state index contributed by atoms with van der Waals surface area (Å²) in [6.07, 6.45) is -0.0831. The van der Waals surface area contributed by atoms with Crippen LogP contribution in [0.1, 0.15) is 36.7 Å². The van der Waals surface area contributed by atoms with Crippen molar-refractivity contribution in [2.45, 2.75) is 33.4 Å². The monoisotopic (exact) mass is 554 g/mol. The molecular weight excluding hydrogens is 519 g/mol. The Morgan fingerprint density at radius 2 is 1.66 bits per heavy atom. The van der Waals surface area contributed by atoms with Crippen molar-refractivity contribution in [1.29, 1.82) is 0 Å². The maximum absolute atomic E-state index is 12.4. The topological polar surface area (TPSA) is 75.2 Å². The van der Waals surface area contributed by atoms with Crippen LogP contribution < -0.4 is 20.1 Å². The normalized spacial score (nSPS) is 11.7. The van der Waals surface area contributed by atoms with Gasteiger partial charge in [0.1, 0.15) is 6.10 Å². The van der Waals surface area contributed by atoms with Crippen LogP contribution in [0.15, 0.2) is 53.5 Å². The summed E-state index contributed by atoms with van der Waals surface area (Å²) < 4.78 is 11.3. The largest absolute Gasteiger partial charge is 0.493 e. The van der Waals surface area contributed by atoms with Gasteiger partial charge in [-0.05, 0) is 50.6 Å². The Bertz CT molecular complexity index is 855. The SMILES string of the molecule is CCN(CC)C(=O)c1ccc(CNC(=NC)NCC(C)Oc2ccccc2OC)cc1.I. The summed E-state index contributed by atoms with van der Waals surface area (Å²) in [6.45, 7) is 8.55. The second kappa shape index (κ2) is 14.5. The summed E-state index contributed by atoms with van der Waals surface area (Å²) in [6, 6.07) is 15.3. The molecule has 0 fully saturated rings. The van der Waals surface area contributed by atoms with Crippen molar-refractivity contribution >= 4 is 35.8 Å². The number of aliphatic imine (C=N–C) groups is 1. The van der Waals surface area contributed by atoms with E-state index in [0.717, 1.165) is 5.56 Å². The van der Waals surface area contributed by atoms with Gasteiger partial charge >= 0.3 is 0 Å². The molecule has 1 atom stereocenters. The van der Waals surface area contributed by atoms with E-state index in [1.165, 1.54) is 0 Å². The van der Waals surface area contributed by atoms with Crippen LogP contribution in [-0.4, -0.2) is 56.7 Å². The van der Waals surface area contributed by atoms with Crippen LogP contribution >= 0.6 is 24.0 Å². The van der Waals surface area contributed by atoms with Crippen molar-refractivity contribution in [2.24, 2.45) is 4.99 Å². The summed E-state index contributed by atoms with van der Waals surface area (Å²) in [5.41, 5.74) is 1.77. The third-order valence-electron chi connectivity index (χ3n) is 4.89. The van der Waals surface area contributed by atoms with Crippen LogP contribution in [0, 0.1) is 0 Å². The molecule has 8 heteroatoms. The molecule has 1 unspecified atom stereocenters. The lowest BCUT2D eigenvalue weighted by Gasteiger charge is -2.19. The van der Waals surface area contributed by atoms with E-state index in [1.807, 2.05) is 74.2 Å². The average Bonchev–Trinajstić information content (AvgIpc) is 2.80. The van der Waals surface area contributed by atoms with Gasteiger partial charge in [0.25, 0.3) is 5.91 Å². The number of methoxy groups -OCH3 is 1. The number of para-hydroxylation sites is 2. The highest BCUT2D eigenvalue weighted by molar-refractivity contribution is 14.0. The maximum Gasteiger partial charge on any atom is 0.253 e. The second-order valence-electron chi connectivity index (χ2n) is 7.06. The van der Waals surface area contributed by atoms with Crippen LogP contribution in [0.4, 0.5) is 0 Å². The van der Waals surface area contributed by atoms with Crippen LogP contribution in [-0.2, 0) is 6.54 Å². The minimum atomic E-state index is -0.0831. The third-order valence-corrected chi connectivity index (χ3v) is 4.89. The predicted molar refractivity (Wildman–Crippen MR) is 140 cm³/mol. The van der Waals surface area contributed by atoms with Crippen LogP contribution in [0.25, 0.3) is 0 Å². The fourth-order valence-electron chi connectivity index (χ4n) is 3.08. The number of hydrogen-bond acceptors (Lipinski definition) is 4. The highest BCUT2D eigenvalue weighted by atomic mass is 127. The molecule has 2 aromatic carbocycles. The highest BCUT2D eigenvalue weighted by Gasteiger charge is 2.12. The first-order chi connectivity index (χ1) is 15.0. The quantitative estimate of drug-likeness (QED) is 0.265. The van der Waals surface area contributed by atoms with Gasteiger partial charge in [-0.3, -0.25) is 9.79 Å². The Balaban J connectivity index is 0.00000512. The lowest BCUT2D eigenvalue weighted by molar-refractivity contribution is 0.0773. The molecule has 0 aliphatic heterocycles. The Kier molecular flexibility index (Phi) is 12.5. The first-order valence-corrected chi connectivity index (χ1v) is 10.6. The smallest absolute Gasteiger partial charge is 0.253 e. The Morgan fingerprint density at radius 1 is 1.03 bits per heavy atom. The van der Waals surface area contributed by atoms with Gasteiger partial charge in [-0.15, -0.1) is 24.0 Å². The molecule has 0 aliphatic rings. The number of carbonyl (C=O) groups excluding carboxylic acids is 1. The number of amides is 1. The number of ether oxygens (including phenoxy) is 2. The predicted octanol–water partition coefficient (Wildman–Crippen LogP) is 3.93. The number of guanidine groups is 1. The number of nitrogens with one attached hydrogen (secondary N) is 2. The van der Waals surface area contributed by atoms with Crippen LogP contribution in [0.2, 0.25) is 0 Å². The van der Waals surface area contributed by atoms with E-state index < -0.39 is 0 Å². The zero-order valence-corrected chi connectivity index (χ0v) is 21.9. The number of carbonyl (C=O) groups is 1. The van der Waals surface area contributed by atoms with E-state index in [9.17, 15) is 4.79 Å². The first kappa shape index (κ1) is 27.5. The molecule has 0 radical (unpaired) electrons. The van der Waals surface area contributed by atoms with E-state index in [-0.39, 0.29) is 36.0 Å². The van der Waals surface area contributed by atoms with E-state index in [0.29, 0.717) is 49.2 Å². The van der Waals surface area contributed by atoms with Crippen molar-refractivity contribution in [1.82, 2.24) is 15.5 Å². The molecule has 2 N–H and O–H groups in total. The van der Waals surface area contributed by atoms with E-state index in [4.69, 9.17) is 9.47 Å². The third kappa shape index (κ3) is 8.22. The highest BCUT2D eigenvalue weighted by Crippen LogP contribution is 2.26. The number of halogens is 1. The van der Waals surface area contributed by atoms with E-state index in [1.54, 1.807) is 14.2 Å². The standard InChI is InChI=1S/C24H34N4O3.HI/c1-6-28(7-2)23(29)20-14-12-19(13-15-20)17-27-24(25-4)26-16-18(3)31-22-11-9-8-10-21(22)30-5;/h8-15,18H,6-7,16-17H2,1-5H3,(H2,25,26,27);1H. The van der Waals surface area contributed by atoms with E-state index in [2.05, 4.69) is 15.6 Å². The minimum Gasteiger partial charge on any atom is -0.493 e. The molecule has 0 saturated heterocycles. The van der Waals surface area contributed by atoms with Gasteiger partial charge in [-0.1, -0.05) is 24.3 Å². The van der Waals surface area contributed by atoms with Crippen molar-refractivity contribution < 1.29 is 14.3 Å². The molecule has 176 valence electrons. The van der Waals surface area contributed by atoms with E-state index >= 15 is 0 Å². The van der Waals surface area contributed by atoms with Crippen molar-refractivity contribution in [2.75, 3.05) is 33.8 Å². The molecule has 0 heterocycles. The Morgan fingerprint density at radius 3 is 2.22 bits per heavy atom. The number of nitrogens with zero attached hydrogens (tertiary/aromatic N) is 2. The molecule has 0 bridgehead atoms. The number of rotatable bonds is 10. The molecule has 2 rings (SSSR count). The summed E-state index contributed by atoms with van der Waals surface area (Å²) in [7, 11) is 3.36. The molecule has 0 aromatic heterocycles. The van der Waals surface area contributed by atoms with Gasteiger partial charge in [0.15, 0.2) is 17.5 Å². The molecule has 1 amide bonds. The maximum atomic E-state index is 12.4. The Hall–Kier alpha value is -2.49. The van der Waals surface area contributed by atoms with Gasteiger partial charge in [0, 0.05) is 32.2 Å². The first-order valence-electron chi connectivity index (χ1n) is 10.6. The fourth-order valence-corrected chi connectivity index (χ4v) is 3.08. The zero-order chi connectivity index (χ0) is 22.6. The number of hydrogen-bond donors (Lipinski definition) is 2. The summed E-state index contributed by atoms with van der Waals surface area (Å²) in [4.78, 5) is 18.5. The molecular formula is C24H35IN4O3. The molecule has 0 spiro atoms. The van der Waals surface area contributed by atoms with Crippen LogP contribution in [0.5, 0.6) is 11.5 Å². The zero-order valence-electron chi connectivity index (χ0n) is 19.6.